The van der Waals surface area contributed by atoms with Crippen LogP contribution in [0, 0.1) is 0 Å². The van der Waals surface area contributed by atoms with Crippen LogP contribution in [0.3, 0.4) is 0 Å². The highest BCUT2D eigenvalue weighted by atomic mass is 32.2. The van der Waals surface area contributed by atoms with Gasteiger partial charge in [0.05, 0.1) is 27.9 Å². The van der Waals surface area contributed by atoms with E-state index in [0.717, 1.165) is 22.0 Å². The molecule has 0 saturated heterocycles. The van der Waals surface area contributed by atoms with E-state index in [1.165, 1.54) is 22.7 Å². The van der Waals surface area contributed by atoms with Crippen molar-refractivity contribution in [3.05, 3.63) is 57.5 Å². The highest BCUT2D eigenvalue weighted by molar-refractivity contribution is 7.89. The molecule has 120 valence electrons. The van der Waals surface area contributed by atoms with Crippen LogP contribution >= 0.6 is 22.7 Å². The van der Waals surface area contributed by atoms with Gasteiger partial charge in [0.1, 0.15) is 5.01 Å². The molecule has 23 heavy (non-hydrogen) atoms. The second kappa shape index (κ2) is 6.90. The smallest absolute Gasteiger partial charge is 0.161 e. The van der Waals surface area contributed by atoms with Gasteiger partial charge in [0.15, 0.2) is 9.84 Å². The van der Waals surface area contributed by atoms with Crippen molar-refractivity contribution in [3.63, 3.8) is 0 Å². The number of aromatic nitrogens is 2. The normalized spacial score (nSPS) is 11.7. The molecule has 0 N–H and O–H groups in total. The van der Waals surface area contributed by atoms with Crippen LogP contribution in [0.15, 0.2) is 41.1 Å². The molecule has 0 unspecified atom stereocenters. The van der Waals surface area contributed by atoms with E-state index < -0.39 is 9.84 Å². The van der Waals surface area contributed by atoms with Crippen LogP contribution in [0.25, 0.3) is 10.6 Å². The summed E-state index contributed by atoms with van der Waals surface area (Å²) in [7, 11) is -3.26. The summed E-state index contributed by atoms with van der Waals surface area (Å²) in [5.41, 5.74) is 2.23. The Balaban J connectivity index is 1.72. The summed E-state index contributed by atoms with van der Waals surface area (Å²) < 4.78 is 24.7. The molecule has 0 atom stereocenters. The Kier molecular flexibility index (Phi) is 4.89. The number of rotatable bonds is 6. The molecule has 4 nitrogen and oxygen atoms in total. The minimum Gasteiger partial charge on any atom is -0.245 e. The van der Waals surface area contributed by atoms with Gasteiger partial charge in [-0.15, -0.1) is 22.7 Å². The number of nitrogens with zero attached hydrogens (tertiary/aromatic N) is 2. The van der Waals surface area contributed by atoms with Crippen molar-refractivity contribution in [1.82, 2.24) is 9.97 Å². The van der Waals surface area contributed by atoms with E-state index in [4.69, 9.17) is 0 Å². The fourth-order valence-electron chi connectivity index (χ4n) is 2.17. The summed E-state index contributed by atoms with van der Waals surface area (Å²) in [4.78, 5) is 8.78. The topological polar surface area (TPSA) is 59.9 Å². The molecule has 7 heteroatoms. The second-order valence-corrected chi connectivity index (χ2v) is 8.99. The average Bonchev–Trinajstić information content (AvgIpc) is 3.16. The van der Waals surface area contributed by atoms with E-state index in [-0.39, 0.29) is 11.5 Å². The molecule has 0 bridgehead atoms. The number of thiazole rings is 2. The van der Waals surface area contributed by atoms with Gasteiger partial charge in [0, 0.05) is 16.3 Å². The lowest BCUT2D eigenvalue weighted by Crippen LogP contribution is -2.08. The molecule has 0 spiro atoms. The zero-order valence-corrected chi connectivity index (χ0v) is 15.0. The SMILES string of the molecule is CCc1nc(CS(=O)(=O)Cc2csc(-c3ccccc3)n2)cs1. The Labute approximate surface area is 143 Å². The maximum atomic E-state index is 12.3. The Morgan fingerprint density at radius 2 is 1.61 bits per heavy atom. The quantitative estimate of drug-likeness (QED) is 0.664. The third-order valence-corrected chi connectivity index (χ3v) is 6.66. The fourth-order valence-corrected chi connectivity index (χ4v) is 5.25. The molecule has 3 rings (SSSR count). The Hall–Kier alpha value is -1.57. The first kappa shape index (κ1) is 16.3. The van der Waals surface area contributed by atoms with Gasteiger partial charge in [-0.1, -0.05) is 37.3 Å². The molecule has 0 radical (unpaired) electrons. The number of hydrogen-bond donors (Lipinski definition) is 0. The van der Waals surface area contributed by atoms with Crippen LogP contribution < -0.4 is 0 Å². The second-order valence-electron chi connectivity index (χ2n) is 5.13. The minimum absolute atomic E-state index is 0.0261. The molecule has 0 aliphatic heterocycles. The highest BCUT2D eigenvalue weighted by Crippen LogP contribution is 2.24. The van der Waals surface area contributed by atoms with Gasteiger partial charge in [0.2, 0.25) is 0 Å². The predicted octanol–water partition coefficient (Wildman–Crippen LogP) is 3.94. The van der Waals surface area contributed by atoms with Crippen molar-refractivity contribution >= 4 is 32.5 Å². The van der Waals surface area contributed by atoms with E-state index in [9.17, 15) is 8.42 Å². The van der Waals surface area contributed by atoms with E-state index in [1.54, 1.807) is 0 Å². The van der Waals surface area contributed by atoms with Gasteiger partial charge in [-0.3, -0.25) is 0 Å². The van der Waals surface area contributed by atoms with Gasteiger partial charge in [-0.2, -0.15) is 0 Å². The number of sulfone groups is 1. The summed E-state index contributed by atoms with van der Waals surface area (Å²) in [5, 5.41) is 5.46. The van der Waals surface area contributed by atoms with Crippen LogP contribution in [0.4, 0.5) is 0 Å². The lowest BCUT2D eigenvalue weighted by molar-refractivity contribution is 0.593. The molecule has 0 amide bonds. The van der Waals surface area contributed by atoms with E-state index in [0.29, 0.717) is 11.4 Å². The van der Waals surface area contributed by atoms with Gasteiger partial charge < -0.3 is 0 Å². The summed E-state index contributed by atoms with van der Waals surface area (Å²) in [6, 6.07) is 9.78. The van der Waals surface area contributed by atoms with Crippen molar-refractivity contribution < 1.29 is 8.42 Å². The lowest BCUT2D eigenvalue weighted by atomic mass is 10.2. The molecule has 2 heterocycles. The number of hydrogen-bond acceptors (Lipinski definition) is 6. The zero-order chi connectivity index (χ0) is 16.3. The van der Waals surface area contributed by atoms with Crippen LogP contribution in [-0.2, 0) is 27.8 Å². The Morgan fingerprint density at radius 1 is 0.957 bits per heavy atom. The van der Waals surface area contributed by atoms with Crippen molar-refractivity contribution in [2.24, 2.45) is 0 Å². The summed E-state index contributed by atoms with van der Waals surface area (Å²) in [5.74, 6) is -0.0724. The number of aryl methyl sites for hydroxylation is 1. The molecular weight excluding hydrogens is 348 g/mol. The van der Waals surface area contributed by atoms with Crippen LogP contribution in [0.5, 0.6) is 0 Å². The minimum atomic E-state index is -3.26. The molecular formula is C16H16N2O2S3. The molecule has 2 aromatic heterocycles. The van der Waals surface area contributed by atoms with Crippen LogP contribution in [-0.4, -0.2) is 18.4 Å². The maximum absolute atomic E-state index is 12.3. The largest absolute Gasteiger partial charge is 0.245 e. The standard InChI is InChI=1S/C16H16N2O2S3/c1-2-15-17-13(8-21-15)10-23(19,20)11-14-9-22-16(18-14)12-6-4-3-5-7-12/h3-9H,2,10-11H2,1H3. The Bertz CT molecular complexity index is 883. The van der Waals surface area contributed by atoms with Crippen molar-refractivity contribution in [1.29, 1.82) is 0 Å². The summed E-state index contributed by atoms with van der Waals surface area (Å²) in [6.07, 6.45) is 0.831. The fraction of sp³-hybridized carbons (Fsp3) is 0.250. The first-order valence-electron chi connectivity index (χ1n) is 7.19. The molecule has 0 fully saturated rings. The molecule has 0 aliphatic carbocycles. The monoisotopic (exact) mass is 364 g/mol. The first-order chi connectivity index (χ1) is 11.1. The lowest BCUT2D eigenvalue weighted by Gasteiger charge is -2.00. The van der Waals surface area contributed by atoms with Gasteiger partial charge in [-0.25, -0.2) is 18.4 Å². The third kappa shape index (κ3) is 4.25. The maximum Gasteiger partial charge on any atom is 0.161 e. The van der Waals surface area contributed by atoms with Crippen molar-refractivity contribution in [3.8, 4) is 10.6 Å². The van der Waals surface area contributed by atoms with E-state index in [2.05, 4.69) is 9.97 Å². The van der Waals surface area contributed by atoms with Gasteiger partial charge in [-0.05, 0) is 6.42 Å². The van der Waals surface area contributed by atoms with Gasteiger partial charge in [0.25, 0.3) is 0 Å². The molecule has 3 aromatic rings. The highest BCUT2D eigenvalue weighted by Gasteiger charge is 2.17. The van der Waals surface area contributed by atoms with E-state index >= 15 is 0 Å². The Morgan fingerprint density at radius 3 is 2.26 bits per heavy atom. The zero-order valence-electron chi connectivity index (χ0n) is 12.6. The number of benzene rings is 1. The van der Waals surface area contributed by atoms with Gasteiger partial charge >= 0.3 is 0 Å². The molecule has 0 aliphatic rings. The van der Waals surface area contributed by atoms with E-state index in [1.807, 2.05) is 48.0 Å². The first-order valence-corrected chi connectivity index (χ1v) is 10.8. The predicted molar refractivity (Wildman–Crippen MR) is 95.4 cm³/mol. The van der Waals surface area contributed by atoms with Crippen molar-refractivity contribution in [2.75, 3.05) is 0 Å². The van der Waals surface area contributed by atoms with Crippen LogP contribution in [0.2, 0.25) is 0 Å². The summed E-state index contributed by atoms with van der Waals surface area (Å²) in [6.45, 7) is 2.01. The third-order valence-electron chi connectivity index (χ3n) is 3.21. The molecule has 1 aromatic carbocycles. The molecule has 0 saturated carbocycles. The van der Waals surface area contributed by atoms with Crippen LogP contribution in [0.1, 0.15) is 23.3 Å². The summed E-state index contributed by atoms with van der Waals surface area (Å²) >= 11 is 2.98. The average molecular weight is 365 g/mol. The van der Waals surface area contributed by atoms with Crippen molar-refractivity contribution in [2.45, 2.75) is 24.9 Å².